The maximum atomic E-state index is 6.09. The van der Waals surface area contributed by atoms with Gasteiger partial charge in [0.15, 0.2) is 11.5 Å². The third-order valence-corrected chi connectivity index (χ3v) is 4.96. The average molecular weight is 331 g/mol. The van der Waals surface area contributed by atoms with E-state index in [2.05, 4.69) is 20.2 Å². The molecule has 2 aliphatic rings. The standard InChI is InChI=1S/C17H25N5O2/c1-13-18-19-16-5-6-17(20-22(13)16)21-9-7-14(8-10-21)24-12-15-4-2-3-11-23-15/h5-6,14-15H,2-4,7-12H2,1H3/t15-/m1/s1. The smallest absolute Gasteiger partial charge is 0.178 e. The molecule has 4 heterocycles. The monoisotopic (exact) mass is 331 g/mol. The second-order valence-corrected chi connectivity index (χ2v) is 6.72. The quantitative estimate of drug-likeness (QED) is 0.854. The lowest BCUT2D eigenvalue weighted by atomic mass is 10.1. The molecule has 0 bridgehead atoms. The molecule has 0 saturated carbocycles. The molecular weight excluding hydrogens is 306 g/mol. The van der Waals surface area contributed by atoms with Gasteiger partial charge in [0.1, 0.15) is 5.82 Å². The third-order valence-electron chi connectivity index (χ3n) is 4.96. The van der Waals surface area contributed by atoms with Crippen LogP contribution in [0.2, 0.25) is 0 Å². The number of piperidine rings is 1. The zero-order valence-corrected chi connectivity index (χ0v) is 14.2. The fourth-order valence-corrected chi connectivity index (χ4v) is 3.49. The summed E-state index contributed by atoms with van der Waals surface area (Å²) in [5.41, 5.74) is 0.793. The number of nitrogens with zero attached hydrogens (tertiary/aromatic N) is 5. The Morgan fingerprint density at radius 2 is 2.04 bits per heavy atom. The molecular formula is C17H25N5O2. The number of aryl methyl sites for hydroxylation is 1. The molecule has 0 radical (unpaired) electrons. The number of fused-ring (bicyclic) bond motifs is 1. The summed E-state index contributed by atoms with van der Waals surface area (Å²) in [4.78, 5) is 2.32. The van der Waals surface area contributed by atoms with Crippen LogP contribution in [0.5, 0.6) is 0 Å². The van der Waals surface area contributed by atoms with Gasteiger partial charge in [-0.25, -0.2) is 0 Å². The maximum absolute atomic E-state index is 6.09. The first-order chi connectivity index (χ1) is 11.8. The Hall–Kier alpha value is -1.73. The summed E-state index contributed by atoms with van der Waals surface area (Å²) in [6.07, 6.45) is 6.31. The number of rotatable bonds is 4. The van der Waals surface area contributed by atoms with Crippen molar-refractivity contribution in [2.24, 2.45) is 0 Å². The van der Waals surface area contributed by atoms with E-state index >= 15 is 0 Å². The first-order valence-electron chi connectivity index (χ1n) is 8.97. The number of hydrogen-bond acceptors (Lipinski definition) is 6. The summed E-state index contributed by atoms with van der Waals surface area (Å²) < 4.78 is 13.6. The molecule has 0 amide bonds. The SMILES string of the molecule is Cc1nnc2ccc(N3CCC(OC[C@H]4CCCCO4)CC3)nn12. The van der Waals surface area contributed by atoms with Gasteiger partial charge in [-0.15, -0.1) is 15.3 Å². The third kappa shape index (κ3) is 3.37. The van der Waals surface area contributed by atoms with Crippen molar-refractivity contribution < 1.29 is 9.47 Å². The second kappa shape index (κ2) is 7.03. The first-order valence-corrected chi connectivity index (χ1v) is 8.97. The summed E-state index contributed by atoms with van der Waals surface area (Å²) in [5, 5.41) is 12.8. The van der Waals surface area contributed by atoms with Gasteiger partial charge in [0.2, 0.25) is 0 Å². The van der Waals surface area contributed by atoms with E-state index in [4.69, 9.17) is 9.47 Å². The van der Waals surface area contributed by atoms with Crippen molar-refractivity contribution in [2.75, 3.05) is 31.2 Å². The highest BCUT2D eigenvalue weighted by atomic mass is 16.5. The van der Waals surface area contributed by atoms with Gasteiger partial charge in [0.25, 0.3) is 0 Å². The molecule has 130 valence electrons. The molecule has 7 heteroatoms. The van der Waals surface area contributed by atoms with Gasteiger partial charge < -0.3 is 14.4 Å². The molecule has 0 aromatic carbocycles. The number of hydrogen-bond donors (Lipinski definition) is 0. The van der Waals surface area contributed by atoms with Crippen molar-refractivity contribution in [1.29, 1.82) is 0 Å². The van der Waals surface area contributed by atoms with Gasteiger partial charge >= 0.3 is 0 Å². The van der Waals surface area contributed by atoms with E-state index in [1.165, 1.54) is 12.8 Å². The van der Waals surface area contributed by atoms with E-state index in [0.29, 0.717) is 12.2 Å². The Morgan fingerprint density at radius 1 is 1.17 bits per heavy atom. The fourth-order valence-electron chi connectivity index (χ4n) is 3.49. The van der Waals surface area contributed by atoms with Crippen LogP contribution in [0.15, 0.2) is 12.1 Å². The molecule has 0 aliphatic carbocycles. The summed E-state index contributed by atoms with van der Waals surface area (Å²) >= 11 is 0. The molecule has 2 aromatic heterocycles. The molecule has 0 unspecified atom stereocenters. The molecule has 2 aromatic rings. The zero-order valence-electron chi connectivity index (χ0n) is 14.2. The minimum atomic E-state index is 0.303. The van der Waals surface area contributed by atoms with E-state index in [1.54, 1.807) is 4.52 Å². The van der Waals surface area contributed by atoms with Crippen LogP contribution in [-0.2, 0) is 9.47 Å². The molecule has 0 N–H and O–H groups in total. The number of aromatic nitrogens is 4. The molecule has 0 spiro atoms. The highest BCUT2D eigenvalue weighted by Crippen LogP contribution is 2.21. The Bertz CT molecular complexity index is 675. The zero-order chi connectivity index (χ0) is 16.4. The Balaban J connectivity index is 1.30. The molecule has 1 atom stereocenters. The molecule has 24 heavy (non-hydrogen) atoms. The van der Waals surface area contributed by atoms with Crippen LogP contribution in [0.25, 0.3) is 5.65 Å². The summed E-state index contributed by atoms with van der Waals surface area (Å²) in [6.45, 7) is 5.49. The van der Waals surface area contributed by atoms with E-state index in [0.717, 1.165) is 62.9 Å². The molecule has 2 saturated heterocycles. The van der Waals surface area contributed by atoms with Crippen LogP contribution in [0, 0.1) is 6.92 Å². The van der Waals surface area contributed by atoms with Crippen LogP contribution < -0.4 is 4.90 Å². The van der Waals surface area contributed by atoms with Crippen LogP contribution >= 0.6 is 0 Å². The van der Waals surface area contributed by atoms with E-state index < -0.39 is 0 Å². The van der Waals surface area contributed by atoms with E-state index in [9.17, 15) is 0 Å². The number of anilines is 1. The predicted molar refractivity (Wildman–Crippen MR) is 90.3 cm³/mol. The molecule has 4 rings (SSSR count). The minimum Gasteiger partial charge on any atom is -0.376 e. The van der Waals surface area contributed by atoms with Crippen LogP contribution in [0.3, 0.4) is 0 Å². The Labute approximate surface area is 141 Å². The number of ether oxygens (including phenoxy) is 2. The fraction of sp³-hybridized carbons (Fsp3) is 0.706. The van der Waals surface area contributed by atoms with Gasteiger partial charge in [-0.2, -0.15) is 4.52 Å². The van der Waals surface area contributed by atoms with Gasteiger partial charge in [-0.3, -0.25) is 0 Å². The van der Waals surface area contributed by atoms with Crippen molar-refractivity contribution in [1.82, 2.24) is 19.8 Å². The lowest BCUT2D eigenvalue weighted by Crippen LogP contribution is -2.39. The first kappa shape index (κ1) is 15.8. The average Bonchev–Trinajstić information content (AvgIpc) is 3.02. The van der Waals surface area contributed by atoms with Crippen LogP contribution in [-0.4, -0.2) is 58.3 Å². The van der Waals surface area contributed by atoms with Crippen LogP contribution in [0.1, 0.15) is 37.9 Å². The predicted octanol–water partition coefficient (Wildman–Crippen LogP) is 1.99. The van der Waals surface area contributed by atoms with Gasteiger partial charge in [-0.1, -0.05) is 0 Å². The maximum Gasteiger partial charge on any atom is 0.178 e. The van der Waals surface area contributed by atoms with Crippen molar-refractivity contribution in [3.63, 3.8) is 0 Å². The lowest BCUT2D eigenvalue weighted by molar-refractivity contribution is -0.0672. The van der Waals surface area contributed by atoms with Crippen molar-refractivity contribution >= 4 is 11.5 Å². The van der Waals surface area contributed by atoms with Gasteiger partial charge in [0.05, 0.1) is 18.8 Å². The summed E-state index contributed by atoms with van der Waals surface area (Å²) in [6, 6.07) is 4.01. The Morgan fingerprint density at radius 3 is 2.83 bits per heavy atom. The highest BCUT2D eigenvalue weighted by molar-refractivity contribution is 5.45. The van der Waals surface area contributed by atoms with Crippen molar-refractivity contribution in [3.8, 4) is 0 Å². The van der Waals surface area contributed by atoms with Gasteiger partial charge in [-0.05, 0) is 51.2 Å². The van der Waals surface area contributed by atoms with Gasteiger partial charge in [0, 0.05) is 19.7 Å². The highest BCUT2D eigenvalue weighted by Gasteiger charge is 2.23. The molecule has 7 nitrogen and oxygen atoms in total. The summed E-state index contributed by atoms with van der Waals surface area (Å²) in [5.74, 6) is 1.80. The topological polar surface area (TPSA) is 64.8 Å². The Kier molecular flexibility index (Phi) is 4.62. The molecule has 2 fully saturated rings. The second-order valence-electron chi connectivity index (χ2n) is 6.72. The largest absolute Gasteiger partial charge is 0.376 e. The minimum absolute atomic E-state index is 0.303. The van der Waals surface area contributed by atoms with Crippen LogP contribution in [0.4, 0.5) is 5.82 Å². The van der Waals surface area contributed by atoms with E-state index in [-0.39, 0.29) is 0 Å². The lowest BCUT2D eigenvalue weighted by Gasteiger charge is -2.33. The van der Waals surface area contributed by atoms with Crippen molar-refractivity contribution in [3.05, 3.63) is 18.0 Å². The molecule has 2 aliphatic heterocycles. The summed E-state index contributed by atoms with van der Waals surface area (Å²) in [7, 11) is 0. The van der Waals surface area contributed by atoms with Crippen molar-refractivity contribution in [2.45, 2.75) is 51.2 Å². The normalized spacial score (nSPS) is 23.0. The van der Waals surface area contributed by atoms with E-state index in [1.807, 2.05) is 19.1 Å².